The molecule has 3 heteroatoms. The van der Waals surface area contributed by atoms with E-state index in [1.807, 2.05) is 6.07 Å². The highest BCUT2D eigenvalue weighted by atomic mass is 16.5. The molecule has 0 radical (unpaired) electrons. The molecular formula is C13H20N2O. The summed E-state index contributed by atoms with van der Waals surface area (Å²) in [6, 6.07) is 6.18. The average Bonchev–Trinajstić information content (AvgIpc) is 2.67. The average molecular weight is 220 g/mol. The molecule has 0 amide bonds. The zero-order chi connectivity index (χ0) is 11.4. The molecule has 3 nitrogen and oxygen atoms in total. The maximum atomic E-state index is 5.77. The Morgan fingerprint density at radius 3 is 3.06 bits per heavy atom. The monoisotopic (exact) mass is 220 g/mol. The van der Waals surface area contributed by atoms with E-state index in [9.17, 15) is 0 Å². The maximum Gasteiger partial charge on any atom is 0.0641 e. The molecule has 16 heavy (non-hydrogen) atoms. The van der Waals surface area contributed by atoms with Crippen LogP contribution in [-0.4, -0.2) is 26.3 Å². The van der Waals surface area contributed by atoms with Crippen LogP contribution < -0.4 is 10.6 Å². The van der Waals surface area contributed by atoms with Gasteiger partial charge in [-0.1, -0.05) is 6.92 Å². The van der Waals surface area contributed by atoms with Crippen LogP contribution in [-0.2, 0) is 11.2 Å². The Labute approximate surface area is 97.2 Å². The van der Waals surface area contributed by atoms with Crippen molar-refractivity contribution in [3.8, 4) is 0 Å². The van der Waals surface area contributed by atoms with E-state index in [2.05, 4.69) is 24.0 Å². The number of nitrogens with zero attached hydrogens (tertiary/aromatic N) is 1. The van der Waals surface area contributed by atoms with Gasteiger partial charge in [-0.3, -0.25) is 0 Å². The van der Waals surface area contributed by atoms with Crippen molar-refractivity contribution in [1.82, 2.24) is 0 Å². The summed E-state index contributed by atoms with van der Waals surface area (Å²) in [6.45, 7) is 5.89. The van der Waals surface area contributed by atoms with E-state index < -0.39 is 0 Å². The van der Waals surface area contributed by atoms with Gasteiger partial charge in [-0.15, -0.1) is 0 Å². The van der Waals surface area contributed by atoms with Crippen molar-refractivity contribution in [3.05, 3.63) is 23.8 Å². The number of hydrogen-bond donors (Lipinski definition) is 1. The van der Waals surface area contributed by atoms with Crippen LogP contribution in [0.2, 0.25) is 0 Å². The van der Waals surface area contributed by atoms with Crippen molar-refractivity contribution in [2.75, 3.05) is 36.9 Å². The molecule has 0 unspecified atom stereocenters. The number of hydrogen-bond acceptors (Lipinski definition) is 3. The molecule has 0 aliphatic carbocycles. The highest BCUT2D eigenvalue weighted by molar-refractivity contribution is 5.62. The van der Waals surface area contributed by atoms with E-state index in [-0.39, 0.29) is 0 Å². The molecule has 2 N–H and O–H groups in total. The Morgan fingerprint density at radius 2 is 2.25 bits per heavy atom. The van der Waals surface area contributed by atoms with Crippen molar-refractivity contribution < 1.29 is 4.74 Å². The van der Waals surface area contributed by atoms with Gasteiger partial charge in [0.05, 0.1) is 6.61 Å². The molecule has 0 atom stereocenters. The minimum Gasteiger partial charge on any atom is -0.399 e. The van der Waals surface area contributed by atoms with E-state index in [0.29, 0.717) is 0 Å². The summed E-state index contributed by atoms with van der Waals surface area (Å²) in [4.78, 5) is 2.38. The number of anilines is 2. The summed E-state index contributed by atoms with van der Waals surface area (Å²) >= 11 is 0. The number of nitrogen functional groups attached to an aromatic ring is 1. The first kappa shape index (κ1) is 11.3. The summed E-state index contributed by atoms with van der Waals surface area (Å²) in [6.07, 6.45) is 2.20. The van der Waals surface area contributed by atoms with Gasteiger partial charge < -0.3 is 15.4 Å². The van der Waals surface area contributed by atoms with E-state index in [4.69, 9.17) is 10.5 Å². The van der Waals surface area contributed by atoms with Gasteiger partial charge in [-0.2, -0.15) is 0 Å². The Kier molecular flexibility index (Phi) is 3.67. The molecule has 0 saturated carbocycles. The number of benzene rings is 1. The lowest BCUT2D eigenvalue weighted by molar-refractivity contribution is 0.141. The molecule has 0 spiro atoms. The van der Waals surface area contributed by atoms with Crippen LogP contribution in [0.25, 0.3) is 0 Å². The van der Waals surface area contributed by atoms with E-state index >= 15 is 0 Å². The summed E-state index contributed by atoms with van der Waals surface area (Å²) in [5, 5.41) is 0. The number of rotatable bonds is 5. The molecule has 1 heterocycles. The number of ether oxygens (including phenoxy) is 1. The van der Waals surface area contributed by atoms with Crippen LogP contribution in [0.15, 0.2) is 18.2 Å². The van der Waals surface area contributed by atoms with Gasteiger partial charge in [-0.05, 0) is 36.6 Å². The SMILES string of the molecule is CCCOCCN1CCc2cc(N)ccc21. The molecule has 1 aromatic rings. The summed E-state index contributed by atoms with van der Waals surface area (Å²) in [5.41, 5.74) is 9.34. The third kappa shape index (κ3) is 2.47. The molecule has 1 aliphatic heterocycles. The third-order valence-corrected chi connectivity index (χ3v) is 2.95. The van der Waals surface area contributed by atoms with Gasteiger partial charge in [0.15, 0.2) is 0 Å². The molecular weight excluding hydrogens is 200 g/mol. The Bertz CT molecular complexity index is 352. The first-order chi connectivity index (χ1) is 7.81. The van der Waals surface area contributed by atoms with Gasteiger partial charge in [0.25, 0.3) is 0 Å². The van der Waals surface area contributed by atoms with E-state index in [0.717, 1.165) is 44.8 Å². The normalized spacial score (nSPS) is 14.2. The van der Waals surface area contributed by atoms with Crippen molar-refractivity contribution >= 4 is 11.4 Å². The number of nitrogens with two attached hydrogens (primary N) is 1. The van der Waals surface area contributed by atoms with Crippen molar-refractivity contribution in [1.29, 1.82) is 0 Å². The first-order valence-electron chi connectivity index (χ1n) is 6.02. The standard InChI is InChI=1S/C13H20N2O/c1-2-8-16-9-7-15-6-5-11-10-12(14)3-4-13(11)15/h3-4,10H,2,5-9,14H2,1H3. The summed E-state index contributed by atoms with van der Waals surface area (Å²) in [7, 11) is 0. The second-order valence-electron chi connectivity index (χ2n) is 4.24. The van der Waals surface area contributed by atoms with Gasteiger partial charge in [0.1, 0.15) is 0 Å². The topological polar surface area (TPSA) is 38.5 Å². The number of fused-ring (bicyclic) bond motifs is 1. The zero-order valence-corrected chi connectivity index (χ0v) is 9.91. The second kappa shape index (κ2) is 5.21. The van der Waals surface area contributed by atoms with Crippen molar-refractivity contribution in [2.24, 2.45) is 0 Å². The molecule has 88 valence electrons. The predicted octanol–water partition coefficient (Wildman–Crippen LogP) is 2.06. The fourth-order valence-corrected chi connectivity index (χ4v) is 2.14. The smallest absolute Gasteiger partial charge is 0.0641 e. The van der Waals surface area contributed by atoms with Crippen LogP contribution in [0.4, 0.5) is 11.4 Å². The fourth-order valence-electron chi connectivity index (χ4n) is 2.14. The van der Waals surface area contributed by atoms with Gasteiger partial charge >= 0.3 is 0 Å². The fraction of sp³-hybridized carbons (Fsp3) is 0.538. The van der Waals surface area contributed by atoms with E-state index in [1.54, 1.807) is 0 Å². The molecule has 0 bridgehead atoms. The Morgan fingerprint density at radius 1 is 1.38 bits per heavy atom. The lowest BCUT2D eigenvalue weighted by Gasteiger charge is -2.19. The van der Waals surface area contributed by atoms with Crippen molar-refractivity contribution in [2.45, 2.75) is 19.8 Å². The third-order valence-electron chi connectivity index (χ3n) is 2.95. The van der Waals surface area contributed by atoms with Crippen LogP contribution in [0, 0.1) is 0 Å². The zero-order valence-electron chi connectivity index (χ0n) is 9.91. The minimum absolute atomic E-state index is 0.817. The Balaban J connectivity index is 1.91. The minimum atomic E-state index is 0.817. The van der Waals surface area contributed by atoms with Crippen LogP contribution >= 0.6 is 0 Å². The highest BCUT2D eigenvalue weighted by Gasteiger charge is 2.18. The lowest BCUT2D eigenvalue weighted by Crippen LogP contribution is -2.25. The second-order valence-corrected chi connectivity index (χ2v) is 4.24. The van der Waals surface area contributed by atoms with Crippen molar-refractivity contribution in [3.63, 3.8) is 0 Å². The van der Waals surface area contributed by atoms with Crippen LogP contribution in [0.5, 0.6) is 0 Å². The summed E-state index contributed by atoms with van der Waals surface area (Å²) < 4.78 is 5.52. The first-order valence-corrected chi connectivity index (χ1v) is 6.02. The van der Waals surface area contributed by atoms with E-state index in [1.165, 1.54) is 11.3 Å². The molecule has 1 aromatic carbocycles. The van der Waals surface area contributed by atoms with Gasteiger partial charge in [-0.25, -0.2) is 0 Å². The maximum absolute atomic E-state index is 5.77. The van der Waals surface area contributed by atoms with Crippen LogP contribution in [0.3, 0.4) is 0 Å². The highest BCUT2D eigenvalue weighted by Crippen LogP contribution is 2.29. The van der Waals surface area contributed by atoms with Crippen LogP contribution in [0.1, 0.15) is 18.9 Å². The Hall–Kier alpha value is -1.22. The molecule has 2 rings (SSSR count). The molecule has 1 aliphatic rings. The lowest BCUT2D eigenvalue weighted by atomic mass is 10.1. The van der Waals surface area contributed by atoms with Gasteiger partial charge in [0.2, 0.25) is 0 Å². The quantitative estimate of drug-likeness (QED) is 0.609. The largest absolute Gasteiger partial charge is 0.399 e. The summed E-state index contributed by atoms with van der Waals surface area (Å²) in [5.74, 6) is 0. The van der Waals surface area contributed by atoms with Gasteiger partial charge in [0, 0.05) is 31.1 Å². The molecule has 0 fully saturated rings. The molecule has 0 saturated heterocycles. The predicted molar refractivity (Wildman–Crippen MR) is 67.9 cm³/mol. The molecule has 0 aromatic heterocycles.